The topological polar surface area (TPSA) is 83.5 Å². The highest BCUT2D eigenvalue weighted by Gasteiger charge is 2.07. The van der Waals surface area contributed by atoms with E-state index in [0.29, 0.717) is 18.2 Å². The molecule has 0 aliphatic heterocycles. The van der Waals surface area contributed by atoms with Gasteiger partial charge < -0.3 is 16.3 Å². The largest absolute Gasteiger partial charge is 0.409 e. The van der Waals surface area contributed by atoms with E-state index in [1.165, 1.54) is 0 Å². The number of pyridine rings is 1. The molecule has 0 radical (unpaired) electrons. The van der Waals surface area contributed by atoms with Gasteiger partial charge in [-0.25, -0.2) is 0 Å². The maximum absolute atomic E-state index is 8.66. The molecule has 5 nitrogen and oxygen atoms in total. The minimum Gasteiger partial charge on any atom is -0.409 e. The summed E-state index contributed by atoms with van der Waals surface area (Å²) in [6.07, 6.45) is 2.75. The fraction of sp³-hybridized carbons (Fsp3) is 0.500. The molecule has 0 aromatic carbocycles. The summed E-state index contributed by atoms with van der Waals surface area (Å²) >= 11 is 0. The molecule has 0 atom stereocenters. The van der Waals surface area contributed by atoms with Crippen molar-refractivity contribution in [3.05, 3.63) is 29.6 Å². The van der Waals surface area contributed by atoms with Gasteiger partial charge in [-0.15, -0.1) is 0 Å². The minimum atomic E-state index is 0.0475. The van der Waals surface area contributed by atoms with Crippen molar-refractivity contribution in [3.63, 3.8) is 0 Å². The van der Waals surface area contributed by atoms with E-state index in [-0.39, 0.29) is 5.84 Å². The number of rotatable bonds is 6. The van der Waals surface area contributed by atoms with Gasteiger partial charge in [-0.2, -0.15) is 0 Å². The molecule has 1 rings (SSSR count). The molecule has 1 aromatic rings. The average molecular weight is 236 g/mol. The Labute approximate surface area is 102 Å². The summed E-state index contributed by atoms with van der Waals surface area (Å²) in [6.45, 7) is 6.00. The van der Waals surface area contributed by atoms with Crippen LogP contribution < -0.4 is 11.1 Å². The number of nitrogens with two attached hydrogens (primary N) is 1. The van der Waals surface area contributed by atoms with Crippen molar-refractivity contribution < 1.29 is 5.21 Å². The van der Waals surface area contributed by atoms with Gasteiger partial charge >= 0.3 is 0 Å². The van der Waals surface area contributed by atoms with Gasteiger partial charge in [0.15, 0.2) is 5.84 Å². The maximum Gasteiger partial charge on any atom is 0.189 e. The second-order valence-electron chi connectivity index (χ2n) is 4.36. The molecule has 0 amide bonds. The normalized spacial score (nSPS) is 12.1. The first-order chi connectivity index (χ1) is 8.15. The summed E-state index contributed by atoms with van der Waals surface area (Å²) in [6, 6.07) is 3.76. The second-order valence-corrected chi connectivity index (χ2v) is 4.36. The zero-order valence-electron chi connectivity index (χ0n) is 10.3. The Morgan fingerprint density at radius 3 is 3.00 bits per heavy atom. The van der Waals surface area contributed by atoms with Gasteiger partial charge in [0.1, 0.15) is 5.69 Å². The van der Waals surface area contributed by atoms with E-state index < -0.39 is 0 Å². The van der Waals surface area contributed by atoms with Crippen molar-refractivity contribution in [2.24, 2.45) is 16.8 Å². The zero-order chi connectivity index (χ0) is 12.7. The van der Waals surface area contributed by atoms with E-state index in [1.807, 2.05) is 12.1 Å². The number of aromatic nitrogens is 1. The third-order valence-electron chi connectivity index (χ3n) is 2.46. The lowest BCUT2D eigenvalue weighted by Crippen LogP contribution is -2.22. The fourth-order valence-electron chi connectivity index (χ4n) is 1.47. The smallest absolute Gasteiger partial charge is 0.189 e. The fourth-order valence-corrected chi connectivity index (χ4v) is 1.47. The number of oxime groups is 1. The van der Waals surface area contributed by atoms with Crippen LogP contribution in [0.5, 0.6) is 0 Å². The molecule has 5 heteroatoms. The van der Waals surface area contributed by atoms with Gasteiger partial charge in [0.05, 0.1) is 0 Å². The lowest BCUT2D eigenvalue weighted by atomic mass is 10.1. The van der Waals surface area contributed by atoms with Crippen LogP contribution in [-0.2, 0) is 6.54 Å². The highest BCUT2D eigenvalue weighted by atomic mass is 16.4. The molecule has 1 aromatic heterocycles. The Morgan fingerprint density at radius 2 is 2.35 bits per heavy atom. The summed E-state index contributed by atoms with van der Waals surface area (Å²) in [7, 11) is 0. The van der Waals surface area contributed by atoms with Gasteiger partial charge in [0.2, 0.25) is 0 Å². The van der Waals surface area contributed by atoms with Crippen LogP contribution in [0.2, 0.25) is 0 Å². The van der Waals surface area contributed by atoms with Crippen molar-refractivity contribution in [3.8, 4) is 0 Å². The Kier molecular flexibility index (Phi) is 5.42. The lowest BCUT2D eigenvalue weighted by Gasteiger charge is -2.09. The maximum atomic E-state index is 8.66. The number of nitrogens with one attached hydrogen (secondary N) is 1. The zero-order valence-corrected chi connectivity index (χ0v) is 10.3. The summed E-state index contributed by atoms with van der Waals surface area (Å²) in [5, 5.41) is 15.0. The highest BCUT2D eigenvalue weighted by Crippen LogP contribution is 2.05. The minimum absolute atomic E-state index is 0.0475. The molecule has 0 aliphatic carbocycles. The van der Waals surface area contributed by atoms with Crippen LogP contribution in [0.3, 0.4) is 0 Å². The van der Waals surface area contributed by atoms with E-state index >= 15 is 0 Å². The van der Waals surface area contributed by atoms with Crippen LogP contribution in [0, 0.1) is 5.92 Å². The SMILES string of the molecule is CC(C)CCNCc1cccnc1/C(N)=N/O. The molecule has 4 N–H and O–H groups in total. The highest BCUT2D eigenvalue weighted by molar-refractivity contribution is 5.96. The van der Waals surface area contributed by atoms with Crippen molar-refractivity contribution in [1.29, 1.82) is 0 Å². The number of hydrogen-bond acceptors (Lipinski definition) is 4. The molecular weight excluding hydrogens is 216 g/mol. The van der Waals surface area contributed by atoms with Crippen LogP contribution >= 0.6 is 0 Å². The van der Waals surface area contributed by atoms with E-state index in [0.717, 1.165) is 18.5 Å². The van der Waals surface area contributed by atoms with Gasteiger partial charge in [-0.1, -0.05) is 25.1 Å². The van der Waals surface area contributed by atoms with Crippen LogP contribution in [-0.4, -0.2) is 22.6 Å². The first-order valence-electron chi connectivity index (χ1n) is 5.77. The molecule has 0 aliphatic rings. The van der Waals surface area contributed by atoms with Crippen molar-refractivity contribution in [2.45, 2.75) is 26.8 Å². The average Bonchev–Trinajstić information content (AvgIpc) is 2.34. The van der Waals surface area contributed by atoms with Gasteiger partial charge in [0.25, 0.3) is 0 Å². The first kappa shape index (κ1) is 13.4. The summed E-state index contributed by atoms with van der Waals surface area (Å²) < 4.78 is 0. The van der Waals surface area contributed by atoms with Crippen molar-refractivity contribution >= 4 is 5.84 Å². The van der Waals surface area contributed by atoms with Crippen LogP contribution in [0.15, 0.2) is 23.5 Å². The van der Waals surface area contributed by atoms with Crippen molar-refractivity contribution in [1.82, 2.24) is 10.3 Å². The monoisotopic (exact) mass is 236 g/mol. The molecule has 0 saturated carbocycles. The molecule has 0 fully saturated rings. The molecule has 0 unspecified atom stereocenters. The number of amidine groups is 1. The molecular formula is C12H20N4O. The van der Waals surface area contributed by atoms with Gasteiger partial charge in [-0.3, -0.25) is 4.98 Å². The molecule has 17 heavy (non-hydrogen) atoms. The van der Waals surface area contributed by atoms with E-state index in [9.17, 15) is 0 Å². The predicted molar refractivity (Wildman–Crippen MR) is 67.9 cm³/mol. The number of hydrogen-bond donors (Lipinski definition) is 3. The van der Waals surface area contributed by atoms with Crippen molar-refractivity contribution in [2.75, 3.05) is 6.54 Å². The first-order valence-corrected chi connectivity index (χ1v) is 5.77. The van der Waals surface area contributed by atoms with Gasteiger partial charge in [0, 0.05) is 12.7 Å². The number of nitrogens with zero attached hydrogens (tertiary/aromatic N) is 2. The Balaban J connectivity index is 2.58. The third-order valence-corrected chi connectivity index (χ3v) is 2.46. The van der Waals surface area contributed by atoms with Crippen LogP contribution in [0.4, 0.5) is 0 Å². The van der Waals surface area contributed by atoms with Crippen LogP contribution in [0.25, 0.3) is 0 Å². The summed E-state index contributed by atoms with van der Waals surface area (Å²) in [5.74, 6) is 0.728. The summed E-state index contributed by atoms with van der Waals surface area (Å²) in [5.41, 5.74) is 7.03. The third kappa shape index (κ3) is 4.40. The molecule has 94 valence electrons. The Bertz CT molecular complexity index is 377. The molecule has 1 heterocycles. The second kappa shape index (κ2) is 6.85. The Morgan fingerprint density at radius 1 is 1.59 bits per heavy atom. The quantitative estimate of drug-likeness (QED) is 0.229. The van der Waals surface area contributed by atoms with Crippen LogP contribution in [0.1, 0.15) is 31.5 Å². The van der Waals surface area contributed by atoms with Gasteiger partial charge in [-0.05, 0) is 30.5 Å². The standard InChI is InChI=1S/C12H20N4O/c1-9(2)5-7-14-8-10-4-3-6-15-11(10)12(13)16-17/h3-4,6,9,14,17H,5,7-8H2,1-2H3,(H2,13,16). The summed E-state index contributed by atoms with van der Waals surface area (Å²) in [4.78, 5) is 4.11. The van der Waals surface area contributed by atoms with E-state index in [1.54, 1.807) is 6.20 Å². The predicted octanol–water partition coefficient (Wildman–Crippen LogP) is 1.31. The lowest BCUT2D eigenvalue weighted by molar-refractivity contribution is 0.318. The molecule has 0 spiro atoms. The molecule has 0 saturated heterocycles. The Hall–Kier alpha value is -1.62. The van der Waals surface area contributed by atoms with E-state index in [4.69, 9.17) is 10.9 Å². The van der Waals surface area contributed by atoms with E-state index in [2.05, 4.69) is 29.3 Å². The molecule has 0 bridgehead atoms.